The van der Waals surface area contributed by atoms with Crippen LogP contribution in [0.25, 0.3) is 10.9 Å². The summed E-state index contributed by atoms with van der Waals surface area (Å²) in [5.41, 5.74) is 9.48. The molecule has 0 bridgehead atoms. The van der Waals surface area contributed by atoms with E-state index < -0.39 is 0 Å². The van der Waals surface area contributed by atoms with Gasteiger partial charge in [-0.1, -0.05) is 18.2 Å². The highest BCUT2D eigenvalue weighted by molar-refractivity contribution is 5.90. The number of benzene rings is 2. The zero-order valence-electron chi connectivity index (χ0n) is 13.4. The van der Waals surface area contributed by atoms with E-state index in [1.54, 1.807) is 0 Å². The van der Waals surface area contributed by atoms with Crippen LogP contribution in [-0.4, -0.2) is 17.0 Å². The van der Waals surface area contributed by atoms with Crippen LogP contribution in [0.4, 0.5) is 11.8 Å². The molecule has 0 aliphatic heterocycles. The van der Waals surface area contributed by atoms with Crippen LogP contribution in [0.3, 0.4) is 0 Å². The molecule has 0 radical (unpaired) electrons. The molecule has 3 aromatic rings. The number of nitrogens with one attached hydrogen (secondary N) is 2. The van der Waals surface area contributed by atoms with Gasteiger partial charge in [-0.2, -0.15) is 10.2 Å². The highest BCUT2D eigenvalue weighted by Gasteiger charge is 2.06. The molecule has 0 aliphatic carbocycles. The van der Waals surface area contributed by atoms with E-state index in [0.29, 0.717) is 5.56 Å². The van der Waals surface area contributed by atoms with Crippen molar-refractivity contribution in [2.24, 2.45) is 0 Å². The summed E-state index contributed by atoms with van der Waals surface area (Å²) < 4.78 is 0. The van der Waals surface area contributed by atoms with E-state index in [4.69, 9.17) is 11.0 Å². The fraction of sp³-hybridized carbons (Fsp3) is 0.167. The first-order chi connectivity index (χ1) is 11.7. The van der Waals surface area contributed by atoms with Gasteiger partial charge in [-0.05, 0) is 35.4 Å². The molecule has 0 spiro atoms. The summed E-state index contributed by atoms with van der Waals surface area (Å²) in [6, 6.07) is 15.7. The van der Waals surface area contributed by atoms with E-state index in [0.717, 1.165) is 40.9 Å². The van der Waals surface area contributed by atoms with E-state index in [9.17, 15) is 0 Å². The number of anilines is 2. The van der Waals surface area contributed by atoms with Gasteiger partial charge in [-0.25, -0.2) is 4.98 Å². The highest BCUT2D eigenvalue weighted by atomic mass is 15.1. The second kappa shape index (κ2) is 6.94. The molecule has 2 aromatic carbocycles. The molecule has 0 saturated heterocycles. The maximum atomic E-state index is 8.81. The third-order valence-corrected chi connectivity index (χ3v) is 3.76. The minimum atomic E-state index is 0.263. The van der Waals surface area contributed by atoms with Crippen molar-refractivity contribution in [1.82, 2.24) is 15.3 Å². The number of nitrogen functional groups attached to an aromatic ring is 1. The number of hydrogen-bond donors (Lipinski definition) is 3. The van der Waals surface area contributed by atoms with E-state index in [2.05, 4.69) is 32.7 Å². The summed E-state index contributed by atoms with van der Waals surface area (Å²) in [6.45, 7) is 1.46. The lowest BCUT2D eigenvalue weighted by atomic mass is 10.1. The molecular weight excluding hydrogens is 300 g/mol. The molecule has 24 heavy (non-hydrogen) atoms. The Balaban J connectivity index is 1.71. The van der Waals surface area contributed by atoms with Crippen molar-refractivity contribution < 1.29 is 0 Å². The molecular formula is C18H18N6. The third-order valence-electron chi connectivity index (χ3n) is 3.76. The van der Waals surface area contributed by atoms with Crippen LogP contribution >= 0.6 is 0 Å². The Labute approximate surface area is 140 Å². The lowest BCUT2D eigenvalue weighted by Gasteiger charge is -2.09. The predicted octanol–water partition coefficient (Wildman–Crippen LogP) is 2.42. The van der Waals surface area contributed by atoms with Crippen LogP contribution < -0.4 is 16.4 Å². The summed E-state index contributed by atoms with van der Waals surface area (Å²) in [7, 11) is 1.82. The van der Waals surface area contributed by atoms with Gasteiger partial charge in [0.25, 0.3) is 0 Å². The largest absolute Gasteiger partial charge is 0.372 e. The highest BCUT2D eigenvalue weighted by Crippen LogP contribution is 2.22. The third kappa shape index (κ3) is 3.42. The average molecular weight is 318 g/mol. The first-order valence-electron chi connectivity index (χ1n) is 7.63. The van der Waals surface area contributed by atoms with Gasteiger partial charge in [0.05, 0.1) is 17.1 Å². The molecule has 1 aromatic heterocycles. The number of nitriles is 1. The number of nitrogens with two attached hydrogens (primary N) is 1. The molecule has 0 aliphatic rings. The summed E-state index contributed by atoms with van der Waals surface area (Å²) in [4.78, 5) is 8.46. The Bertz CT molecular complexity index is 896. The van der Waals surface area contributed by atoms with Crippen molar-refractivity contribution >= 4 is 22.7 Å². The monoisotopic (exact) mass is 318 g/mol. The molecule has 0 unspecified atom stereocenters. The maximum Gasteiger partial charge on any atom is 0.222 e. The Hall–Kier alpha value is -3.17. The number of rotatable bonds is 5. The smallest absolute Gasteiger partial charge is 0.222 e. The van der Waals surface area contributed by atoms with Crippen LogP contribution in [0.15, 0.2) is 42.5 Å². The maximum absolute atomic E-state index is 8.81. The number of aromatic nitrogens is 2. The molecule has 1 heterocycles. The normalized spacial score (nSPS) is 10.5. The second-order valence-electron chi connectivity index (χ2n) is 5.44. The summed E-state index contributed by atoms with van der Waals surface area (Å²) in [6.07, 6.45) is 0. The zero-order chi connectivity index (χ0) is 16.9. The Morgan fingerprint density at radius 1 is 1.04 bits per heavy atom. The lowest BCUT2D eigenvalue weighted by molar-refractivity contribution is 0.694. The van der Waals surface area contributed by atoms with E-state index >= 15 is 0 Å². The van der Waals surface area contributed by atoms with Crippen LogP contribution in [0.1, 0.15) is 16.7 Å². The van der Waals surface area contributed by atoms with E-state index in [-0.39, 0.29) is 5.95 Å². The van der Waals surface area contributed by atoms with Crippen molar-refractivity contribution in [3.63, 3.8) is 0 Å². The van der Waals surface area contributed by atoms with Crippen molar-refractivity contribution in [2.75, 3.05) is 18.1 Å². The molecule has 3 rings (SSSR count). The number of hydrogen-bond acceptors (Lipinski definition) is 6. The van der Waals surface area contributed by atoms with Crippen molar-refractivity contribution in [3.05, 3.63) is 59.2 Å². The molecule has 0 fully saturated rings. The number of nitrogens with zero attached hydrogens (tertiary/aromatic N) is 3. The molecule has 6 nitrogen and oxygen atoms in total. The van der Waals surface area contributed by atoms with E-state index in [1.165, 1.54) is 0 Å². The van der Waals surface area contributed by atoms with Gasteiger partial charge in [-0.15, -0.1) is 0 Å². The molecule has 0 saturated carbocycles. The van der Waals surface area contributed by atoms with Crippen molar-refractivity contribution in [2.45, 2.75) is 13.1 Å². The molecule has 120 valence electrons. The van der Waals surface area contributed by atoms with Gasteiger partial charge in [0.2, 0.25) is 5.95 Å². The van der Waals surface area contributed by atoms with Crippen molar-refractivity contribution in [1.29, 1.82) is 5.26 Å². The van der Waals surface area contributed by atoms with Gasteiger partial charge in [-0.3, -0.25) is 0 Å². The summed E-state index contributed by atoms with van der Waals surface area (Å²) in [5, 5.41) is 16.2. The minimum absolute atomic E-state index is 0.263. The Morgan fingerprint density at radius 3 is 2.46 bits per heavy atom. The molecule has 4 N–H and O–H groups in total. The Kier molecular flexibility index (Phi) is 4.54. The van der Waals surface area contributed by atoms with Gasteiger partial charge < -0.3 is 16.4 Å². The molecule has 0 atom stereocenters. The topological polar surface area (TPSA) is 99.7 Å². The fourth-order valence-electron chi connectivity index (χ4n) is 2.54. The van der Waals surface area contributed by atoms with Crippen LogP contribution in [0, 0.1) is 11.3 Å². The predicted molar refractivity (Wildman–Crippen MR) is 95.2 cm³/mol. The van der Waals surface area contributed by atoms with Gasteiger partial charge in [0.15, 0.2) is 0 Å². The van der Waals surface area contributed by atoms with Gasteiger partial charge >= 0.3 is 0 Å². The second-order valence-corrected chi connectivity index (χ2v) is 5.44. The fourth-order valence-corrected chi connectivity index (χ4v) is 2.54. The zero-order valence-corrected chi connectivity index (χ0v) is 13.4. The molecule has 6 heteroatoms. The standard InChI is InChI=1S/C18H18N6/c1-21-17-15-8-14(6-7-16(15)23-18(20)24-17)11-22-10-13-4-2-12(9-19)3-5-13/h2-8,22H,10-11H2,1H3,(H3,20,21,23,24). The lowest BCUT2D eigenvalue weighted by Crippen LogP contribution is -2.12. The van der Waals surface area contributed by atoms with Crippen LogP contribution in [0.5, 0.6) is 0 Å². The van der Waals surface area contributed by atoms with E-state index in [1.807, 2.05) is 43.4 Å². The Morgan fingerprint density at radius 2 is 1.75 bits per heavy atom. The first kappa shape index (κ1) is 15.7. The number of fused-ring (bicyclic) bond motifs is 1. The quantitative estimate of drug-likeness (QED) is 0.668. The first-order valence-corrected chi connectivity index (χ1v) is 7.63. The van der Waals surface area contributed by atoms with Crippen LogP contribution in [-0.2, 0) is 13.1 Å². The molecule has 0 amide bonds. The van der Waals surface area contributed by atoms with Crippen LogP contribution in [0.2, 0.25) is 0 Å². The summed E-state index contributed by atoms with van der Waals surface area (Å²) in [5.74, 6) is 0.991. The van der Waals surface area contributed by atoms with Crippen molar-refractivity contribution in [3.8, 4) is 6.07 Å². The minimum Gasteiger partial charge on any atom is -0.372 e. The van der Waals surface area contributed by atoms with Gasteiger partial charge in [0, 0.05) is 25.5 Å². The average Bonchev–Trinajstić information content (AvgIpc) is 2.61. The SMILES string of the molecule is CNc1nc(N)nc2ccc(CNCc3ccc(C#N)cc3)cc12. The van der Waals surface area contributed by atoms with Gasteiger partial charge in [0.1, 0.15) is 5.82 Å². The summed E-state index contributed by atoms with van der Waals surface area (Å²) >= 11 is 0.